The molecule has 114 valence electrons. The Hall–Kier alpha value is -2.17. The standard InChI is InChI=1S/C17H19N3O2/c21-16(19-10-12-4-3-5-13(8-12)11-19)14-9-18-15-6-1-2-7-20(15)17(14)22/h1-2,6-7,9,12-13H,3-5,8,10-11H2. The van der Waals surface area contributed by atoms with Crippen molar-refractivity contribution >= 4 is 11.6 Å². The van der Waals surface area contributed by atoms with Gasteiger partial charge in [0.25, 0.3) is 11.5 Å². The fraction of sp³-hybridized carbons (Fsp3) is 0.471. The fourth-order valence-corrected chi connectivity index (χ4v) is 3.94. The molecular weight excluding hydrogens is 278 g/mol. The zero-order valence-electron chi connectivity index (χ0n) is 12.4. The smallest absolute Gasteiger partial charge is 0.270 e. The SMILES string of the molecule is O=C(c1cnc2ccccn2c1=O)N1CC2CCCC(C2)C1. The topological polar surface area (TPSA) is 54.7 Å². The van der Waals surface area contributed by atoms with Crippen LogP contribution in [0.5, 0.6) is 0 Å². The first-order valence-electron chi connectivity index (χ1n) is 7.98. The molecule has 22 heavy (non-hydrogen) atoms. The minimum Gasteiger partial charge on any atom is -0.338 e. The summed E-state index contributed by atoms with van der Waals surface area (Å²) >= 11 is 0. The van der Waals surface area contributed by atoms with Crippen LogP contribution in [0.2, 0.25) is 0 Å². The lowest BCUT2D eigenvalue weighted by atomic mass is 9.78. The van der Waals surface area contributed by atoms with E-state index >= 15 is 0 Å². The Kier molecular flexibility index (Phi) is 3.21. The zero-order chi connectivity index (χ0) is 15.1. The van der Waals surface area contributed by atoms with Gasteiger partial charge in [-0.25, -0.2) is 4.98 Å². The van der Waals surface area contributed by atoms with Gasteiger partial charge in [-0.15, -0.1) is 0 Å². The summed E-state index contributed by atoms with van der Waals surface area (Å²) in [6.07, 6.45) is 8.01. The van der Waals surface area contributed by atoms with Gasteiger partial charge in [-0.05, 0) is 43.2 Å². The number of aromatic nitrogens is 2. The maximum Gasteiger partial charge on any atom is 0.270 e. The van der Waals surface area contributed by atoms with Crippen molar-refractivity contribution in [3.63, 3.8) is 0 Å². The molecule has 2 bridgehead atoms. The normalized spacial score (nSPS) is 24.5. The number of carbonyl (C=O) groups excluding carboxylic acids is 1. The number of fused-ring (bicyclic) bond motifs is 3. The van der Waals surface area contributed by atoms with Gasteiger partial charge in [-0.3, -0.25) is 14.0 Å². The minimum atomic E-state index is -0.272. The molecule has 2 atom stereocenters. The van der Waals surface area contributed by atoms with E-state index in [1.54, 1.807) is 18.3 Å². The molecule has 1 amide bonds. The lowest BCUT2D eigenvalue weighted by molar-refractivity contribution is 0.0502. The van der Waals surface area contributed by atoms with Crippen molar-refractivity contribution in [2.45, 2.75) is 25.7 Å². The van der Waals surface area contributed by atoms with Crippen LogP contribution in [0.4, 0.5) is 0 Å². The predicted molar refractivity (Wildman–Crippen MR) is 82.8 cm³/mol. The number of hydrogen-bond donors (Lipinski definition) is 0. The van der Waals surface area contributed by atoms with Crippen molar-refractivity contribution in [1.29, 1.82) is 0 Å². The van der Waals surface area contributed by atoms with E-state index in [2.05, 4.69) is 4.98 Å². The molecule has 2 unspecified atom stereocenters. The Labute approximate surface area is 128 Å². The molecule has 1 saturated heterocycles. The quantitative estimate of drug-likeness (QED) is 0.808. The molecule has 5 heteroatoms. The molecule has 2 aliphatic rings. The number of likely N-dealkylation sites (tertiary alicyclic amines) is 1. The highest BCUT2D eigenvalue weighted by atomic mass is 16.2. The van der Waals surface area contributed by atoms with Gasteiger partial charge in [0.05, 0.1) is 0 Å². The molecular formula is C17H19N3O2. The maximum absolute atomic E-state index is 12.8. The number of amides is 1. The summed E-state index contributed by atoms with van der Waals surface area (Å²) in [5.74, 6) is 1.05. The van der Waals surface area contributed by atoms with E-state index in [0.29, 0.717) is 17.5 Å². The molecule has 2 aromatic heterocycles. The largest absolute Gasteiger partial charge is 0.338 e. The number of hydrogen-bond acceptors (Lipinski definition) is 3. The van der Waals surface area contributed by atoms with Crippen LogP contribution in [0.15, 0.2) is 35.4 Å². The first-order valence-corrected chi connectivity index (χ1v) is 7.98. The zero-order valence-corrected chi connectivity index (χ0v) is 12.4. The molecule has 3 heterocycles. The van der Waals surface area contributed by atoms with Crippen LogP contribution >= 0.6 is 0 Å². The third-order valence-electron chi connectivity index (χ3n) is 4.98. The number of carbonyl (C=O) groups is 1. The summed E-state index contributed by atoms with van der Waals surface area (Å²) in [6, 6.07) is 5.37. The highest BCUT2D eigenvalue weighted by Gasteiger charge is 2.33. The van der Waals surface area contributed by atoms with E-state index in [1.807, 2.05) is 11.0 Å². The first kappa shape index (κ1) is 13.5. The van der Waals surface area contributed by atoms with Gasteiger partial charge in [-0.2, -0.15) is 0 Å². The lowest BCUT2D eigenvalue weighted by Gasteiger charge is -2.41. The van der Waals surface area contributed by atoms with Gasteiger partial charge in [-0.1, -0.05) is 12.5 Å². The minimum absolute atomic E-state index is 0.160. The van der Waals surface area contributed by atoms with Gasteiger partial charge >= 0.3 is 0 Å². The van der Waals surface area contributed by atoms with E-state index in [-0.39, 0.29) is 17.0 Å². The lowest BCUT2D eigenvalue weighted by Crippen LogP contribution is -2.47. The van der Waals surface area contributed by atoms with Gasteiger partial charge in [0.15, 0.2) is 0 Å². The Morgan fingerprint density at radius 3 is 2.73 bits per heavy atom. The second-order valence-corrected chi connectivity index (χ2v) is 6.51. The summed E-state index contributed by atoms with van der Waals surface area (Å²) in [5.41, 5.74) is 0.481. The van der Waals surface area contributed by atoms with E-state index in [0.717, 1.165) is 13.1 Å². The molecule has 1 saturated carbocycles. The van der Waals surface area contributed by atoms with Crippen molar-refractivity contribution in [2.75, 3.05) is 13.1 Å². The van der Waals surface area contributed by atoms with Crippen LogP contribution in [0.1, 0.15) is 36.0 Å². The maximum atomic E-state index is 12.8. The number of rotatable bonds is 1. The molecule has 1 aliphatic carbocycles. The second-order valence-electron chi connectivity index (χ2n) is 6.51. The Balaban J connectivity index is 1.68. The Morgan fingerprint density at radius 1 is 1.18 bits per heavy atom. The average Bonchev–Trinajstić information content (AvgIpc) is 2.54. The summed E-state index contributed by atoms with van der Waals surface area (Å²) in [7, 11) is 0. The van der Waals surface area contributed by atoms with Crippen LogP contribution < -0.4 is 5.56 Å². The first-order chi connectivity index (χ1) is 10.7. The molecule has 4 rings (SSSR count). The molecule has 0 spiro atoms. The van der Waals surface area contributed by atoms with Crippen LogP contribution in [-0.4, -0.2) is 33.3 Å². The van der Waals surface area contributed by atoms with Crippen LogP contribution in [0.25, 0.3) is 5.65 Å². The van der Waals surface area contributed by atoms with Crippen molar-refractivity contribution in [3.05, 3.63) is 46.5 Å². The fourth-order valence-electron chi connectivity index (χ4n) is 3.94. The highest BCUT2D eigenvalue weighted by Crippen LogP contribution is 2.34. The van der Waals surface area contributed by atoms with E-state index < -0.39 is 0 Å². The van der Waals surface area contributed by atoms with Crippen molar-refractivity contribution < 1.29 is 4.79 Å². The van der Waals surface area contributed by atoms with Crippen LogP contribution in [0, 0.1) is 11.8 Å². The van der Waals surface area contributed by atoms with Crippen LogP contribution in [0.3, 0.4) is 0 Å². The Bertz CT molecular complexity index is 771. The average molecular weight is 297 g/mol. The van der Waals surface area contributed by atoms with E-state index in [9.17, 15) is 9.59 Å². The molecule has 2 aromatic rings. The summed E-state index contributed by atoms with van der Waals surface area (Å²) in [4.78, 5) is 31.4. The molecule has 5 nitrogen and oxygen atoms in total. The van der Waals surface area contributed by atoms with Gasteiger partial charge in [0, 0.05) is 25.5 Å². The number of piperidine rings is 1. The van der Waals surface area contributed by atoms with Gasteiger partial charge < -0.3 is 4.90 Å². The second kappa shape index (κ2) is 5.23. The third kappa shape index (κ3) is 2.21. The molecule has 0 radical (unpaired) electrons. The number of nitrogens with zero attached hydrogens (tertiary/aromatic N) is 3. The third-order valence-corrected chi connectivity index (χ3v) is 4.98. The van der Waals surface area contributed by atoms with E-state index in [4.69, 9.17) is 0 Å². The molecule has 0 N–H and O–H groups in total. The molecule has 0 aromatic carbocycles. The monoisotopic (exact) mass is 297 g/mol. The van der Waals surface area contributed by atoms with Gasteiger partial charge in [0.1, 0.15) is 11.2 Å². The predicted octanol–water partition coefficient (Wildman–Crippen LogP) is 1.96. The number of pyridine rings is 1. The molecule has 1 aliphatic heterocycles. The van der Waals surface area contributed by atoms with Crippen LogP contribution in [-0.2, 0) is 0 Å². The summed E-state index contributed by atoms with van der Waals surface area (Å²) < 4.78 is 1.44. The van der Waals surface area contributed by atoms with Crippen molar-refractivity contribution in [3.8, 4) is 0 Å². The summed E-state index contributed by atoms with van der Waals surface area (Å²) in [5, 5.41) is 0. The highest BCUT2D eigenvalue weighted by molar-refractivity contribution is 5.93. The summed E-state index contributed by atoms with van der Waals surface area (Å²) in [6.45, 7) is 1.57. The Morgan fingerprint density at radius 2 is 1.95 bits per heavy atom. The van der Waals surface area contributed by atoms with Crippen molar-refractivity contribution in [1.82, 2.24) is 14.3 Å². The van der Waals surface area contributed by atoms with Gasteiger partial charge in [0.2, 0.25) is 0 Å². The van der Waals surface area contributed by atoms with Crippen molar-refractivity contribution in [2.24, 2.45) is 11.8 Å². The van der Waals surface area contributed by atoms with E-state index in [1.165, 1.54) is 36.3 Å². The molecule has 2 fully saturated rings.